The first-order valence-electron chi connectivity index (χ1n) is 11.9. The number of hydrogen-bond donors (Lipinski definition) is 2. The summed E-state index contributed by atoms with van der Waals surface area (Å²) in [4.78, 5) is 9.38. The van der Waals surface area contributed by atoms with Gasteiger partial charge in [-0.25, -0.2) is 4.99 Å². The van der Waals surface area contributed by atoms with Crippen LogP contribution >= 0.6 is 0 Å². The van der Waals surface area contributed by atoms with Gasteiger partial charge in [0, 0.05) is 42.8 Å². The maximum atomic E-state index is 6.18. The van der Waals surface area contributed by atoms with Crippen LogP contribution in [0.4, 0.5) is 0 Å². The van der Waals surface area contributed by atoms with E-state index < -0.39 is 0 Å². The lowest BCUT2D eigenvalue weighted by Gasteiger charge is -2.15. The topological polar surface area (TPSA) is 67.8 Å². The summed E-state index contributed by atoms with van der Waals surface area (Å²) in [5.74, 6) is 2.20. The molecule has 6 nitrogen and oxygen atoms in total. The number of aromatic nitrogens is 1. The number of pyridine rings is 1. The number of nitrogens with one attached hydrogen (secondary N) is 2. The largest absolute Gasteiger partial charge is 0.493 e. The third kappa shape index (κ3) is 6.45. The highest BCUT2D eigenvalue weighted by Crippen LogP contribution is 2.23. The van der Waals surface area contributed by atoms with Gasteiger partial charge < -0.3 is 20.1 Å². The van der Waals surface area contributed by atoms with Crippen molar-refractivity contribution in [1.29, 1.82) is 0 Å². The molecule has 1 atom stereocenters. The Morgan fingerprint density at radius 1 is 1.15 bits per heavy atom. The Labute approximate surface area is 196 Å². The van der Waals surface area contributed by atoms with E-state index in [1.54, 1.807) is 0 Å². The van der Waals surface area contributed by atoms with E-state index in [2.05, 4.69) is 71.9 Å². The molecule has 1 saturated heterocycles. The second kappa shape index (κ2) is 11.7. The van der Waals surface area contributed by atoms with Gasteiger partial charge in [-0.1, -0.05) is 36.4 Å². The van der Waals surface area contributed by atoms with Crippen LogP contribution in [0.3, 0.4) is 0 Å². The summed E-state index contributed by atoms with van der Waals surface area (Å²) >= 11 is 0. The zero-order chi connectivity index (χ0) is 22.9. The highest BCUT2D eigenvalue weighted by molar-refractivity contribution is 5.82. The van der Waals surface area contributed by atoms with Crippen molar-refractivity contribution in [3.05, 3.63) is 71.4 Å². The predicted octanol–water partition coefficient (Wildman–Crippen LogP) is 4.26. The van der Waals surface area contributed by atoms with Gasteiger partial charge in [0.25, 0.3) is 0 Å². The number of aryl methyl sites for hydroxylation is 1. The predicted molar refractivity (Wildman–Crippen MR) is 134 cm³/mol. The number of benzene rings is 2. The molecule has 1 aliphatic heterocycles. The molecule has 1 aliphatic rings. The molecule has 3 aromatic rings. The molecule has 4 rings (SSSR count). The number of para-hydroxylation sites is 1. The van der Waals surface area contributed by atoms with Crippen LogP contribution in [0.1, 0.15) is 30.0 Å². The monoisotopic (exact) mass is 446 g/mol. The summed E-state index contributed by atoms with van der Waals surface area (Å²) < 4.78 is 11.7. The number of guanidine groups is 1. The average molecular weight is 447 g/mol. The van der Waals surface area contributed by atoms with Crippen LogP contribution in [-0.4, -0.2) is 43.9 Å². The van der Waals surface area contributed by atoms with Crippen LogP contribution in [0, 0.1) is 12.8 Å². The Kier molecular flexibility index (Phi) is 8.14. The molecule has 6 heteroatoms. The van der Waals surface area contributed by atoms with Crippen LogP contribution in [0.25, 0.3) is 10.9 Å². The van der Waals surface area contributed by atoms with Crippen molar-refractivity contribution in [2.24, 2.45) is 10.9 Å². The van der Waals surface area contributed by atoms with E-state index in [0.717, 1.165) is 61.9 Å². The molecule has 0 radical (unpaired) electrons. The van der Waals surface area contributed by atoms with Crippen LogP contribution in [-0.2, 0) is 17.7 Å². The van der Waals surface area contributed by atoms with E-state index in [9.17, 15) is 0 Å². The maximum absolute atomic E-state index is 6.18. The smallest absolute Gasteiger partial charge is 0.191 e. The minimum absolute atomic E-state index is 0.476. The molecule has 0 bridgehead atoms. The van der Waals surface area contributed by atoms with Gasteiger partial charge in [0.05, 0.1) is 25.3 Å². The molecule has 1 aromatic heterocycles. The molecular formula is C27H34N4O2. The van der Waals surface area contributed by atoms with Gasteiger partial charge >= 0.3 is 0 Å². The Bertz CT molecular complexity index is 1070. The van der Waals surface area contributed by atoms with Crippen molar-refractivity contribution in [3.8, 4) is 5.75 Å². The molecule has 2 aromatic carbocycles. The molecule has 0 saturated carbocycles. The van der Waals surface area contributed by atoms with Crippen LogP contribution in [0.5, 0.6) is 5.75 Å². The Morgan fingerprint density at radius 2 is 2.06 bits per heavy atom. The van der Waals surface area contributed by atoms with E-state index in [-0.39, 0.29) is 0 Å². The first kappa shape index (κ1) is 23.1. The van der Waals surface area contributed by atoms with Gasteiger partial charge in [0.2, 0.25) is 0 Å². The third-order valence-corrected chi connectivity index (χ3v) is 5.88. The minimum atomic E-state index is 0.476. The molecule has 1 fully saturated rings. The zero-order valence-electron chi connectivity index (χ0n) is 19.6. The van der Waals surface area contributed by atoms with Gasteiger partial charge in [0.15, 0.2) is 5.96 Å². The lowest BCUT2D eigenvalue weighted by atomic mass is 10.1. The van der Waals surface area contributed by atoms with Gasteiger partial charge in [0.1, 0.15) is 5.75 Å². The molecule has 174 valence electrons. The van der Waals surface area contributed by atoms with Crippen molar-refractivity contribution >= 4 is 16.9 Å². The zero-order valence-corrected chi connectivity index (χ0v) is 19.6. The van der Waals surface area contributed by atoms with Crippen molar-refractivity contribution in [3.63, 3.8) is 0 Å². The fourth-order valence-electron chi connectivity index (χ4n) is 4.04. The molecule has 33 heavy (non-hydrogen) atoms. The van der Waals surface area contributed by atoms with E-state index in [1.807, 2.05) is 12.3 Å². The first-order valence-corrected chi connectivity index (χ1v) is 11.9. The van der Waals surface area contributed by atoms with Crippen molar-refractivity contribution in [2.45, 2.75) is 33.2 Å². The summed E-state index contributed by atoms with van der Waals surface area (Å²) in [6.45, 7) is 8.63. The second-order valence-corrected chi connectivity index (χ2v) is 8.52. The fraction of sp³-hybridized carbons (Fsp3) is 0.407. The Hall–Kier alpha value is -3.12. The minimum Gasteiger partial charge on any atom is -0.493 e. The summed E-state index contributed by atoms with van der Waals surface area (Å²) in [5.41, 5.74) is 4.59. The summed E-state index contributed by atoms with van der Waals surface area (Å²) in [6, 6.07) is 16.8. The molecule has 2 N–H and O–H groups in total. The van der Waals surface area contributed by atoms with Crippen LogP contribution in [0.15, 0.2) is 59.7 Å². The summed E-state index contributed by atoms with van der Waals surface area (Å²) in [6.07, 6.45) is 3.80. The van der Waals surface area contributed by atoms with E-state index in [4.69, 9.17) is 14.5 Å². The van der Waals surface area contributed by atoms with Gasteiger partial charge in [-0.2, -0.15) is 0 Å². The Morgan fingerprint density at radius 3 is 2.91 bits per heavy atom. The van der Waals surface area contributed by atoms with Gasteiger partial charge in [-0.05, 0) is 49.9 Å². The number of rotatable bonds is 9. The van der Waals surface area contributed by atoms with E-state index in [1.165, 1.54) is 16.5 Å². The second-order valence-electron chi connectivity index (χ2n) is 8.52. The lowest BCUT2D eigenvalue weighted by molar-refractivity contribution is 0.166. The standard InChI is InChI=1S/C27H34N4O2/c1-3-28-27(30-14-11-23-7-4-6-22-8-5-13-29-26(22)23)31-17-24-10-9-20(2)16-25(24)33-19-21-12-15-32-18-21/h4-10,13,16,21H,3,11-12,14-15,17-19H2,1-2H3,(H2,28,30,31). The van der Waals surface area contributed by atoms with Crippen molar-refractivity contribution in [2.75, 3.05) is 32.9 Å². The lowest BCUT2D eigenvalue weighted by Crippen LogP contribution is -2.38. The van der Waals surface area contributed by atoms with Crippen LogP contribution in [0.2, 0.25) is 0 Å². The molecule has 0 spiro atoms. The van der Waals surface area contributed by atoms with E-state index in [0.29, 0.717) is 19.1 Å². The highest BCUT2D eigenvalue weighted by Gasteiger charge is 2.17. The van der Waals surface area contributed by atoms with Gasteiger partial charge in [-0.3, -0.25) is 4.98 Å². The fourth-order valence-corrected chi connectivity index (χ4v) is 4.04. The normalized spacial score (nSPS) is 16.2. The maximum Gasteiger partial charge on any atom is 0.191 e. The average Bonchev–Trinajstić information content (AvgIpc) is 3.36. The SMILES string of the molecule is CCNC(=NCc1ccc(C)cc1OCC1CCOC1)NCCc1cccc2cccnc12. The summed E-state index contributed by atoms with van der Waals surface area (Å²) in [7, 11) is 0. The number of nitrogens with zero attached hydrogens (tertiary/aromatic N) is 2. The molecule has 0 aliphatic carbocycles. The van der Waals surface area contributed by atoms with Crippen molar-refractivity contribution in [1.82, 2.24) is 15.6 Å². The number of hydrogen-bond acceptors (Lipinski definition) is 4. The quantitative estimate of drug-likeness (QED) is 0.380. The summed E-state index contributed by atoms with van der Waals surface area (Å²) in [5, 5.41) is 7.99. The van der Waals surface area contributed by atoms with E-state index >= 15 is 0 Å². The molecule has 2 heterocycles. The first-order chi connectivity index (χ1) is 16.2. The Balaban J connectivity index is 1.38. The number of fused-ring (bicyclic) bond motifs is 1. The number of aliphatic imine (C=N–C) groups is 1. The molecule has 0 amide bonds. The molecular weight excluding hydrogens is 412 g/mol. The third-order valence-electron chi connectivity index (χ3n) is 5.88. The van der Waals surface area contributed by atoms with Crippen LogP contribution < -0.4 is 15.4 Å². The van der Waals surface area contributed by atoms with Crippen molar-refractivity contribution < 1.29 is 9.47 Å². The van der Waals surface area contributed by atoms with Gasteiger partial charge in [-0.15, -0.1) is 0 Å². The highest BCUT2D eigenvalue weighted by atomic mass is 16.5. The number of ether oxygens (including phenoxy) is 2. The molecule has 1 unspecified atom stereocenters.